The average molecular weight is 1380 g/mol. The van der Waals surface area contributed by atoms with Crippen molar-refractivity contribution in [3.8, 4) is 0 Å². The van der Waals surface area contributed by atoms with Gasteiger partial charge in [0.1, 0.15) is 30.2 Å². The summed E-state index contributed by atoms with van der Waals surface area (Å²) >= 11 is 1.74. The van der Waals surface area contributed by atoms with Crippen molar-refractivity contribution in [1.82, 2.24) is 62.6 Å². The third kappa shape index (κ3) is 28.8. The third-order valence-electron chi connectivity index (χ3n) is 14.7. The molecule has 0 spiro atoms. The van der Waals surface area contributed by atoms with E-state index in [2.05, 4.69) is 47.9 Å². The van der Waals surface area contributed by atoms with Crippen LogP contribution < -0.4 is 82.3 Å². The van der Waals surface area contributed by atoms with Crippen LogP contribution in [0.25, 0.3) is 0 Å². The highest BCUT2D eigenvalue weighted by Gasteiger charge is 2.42. The molecule has 528 valence electrons. The number of nitrogens with one attached hydrogen (secondary N) is 9. The number of thioether (sulfide) groups is 2. The van der Waals surface area contributed by atoms with E-state index in [4.69, 9.17) is 39.5 Å². The van der Waals surface area contributed by atoms with Crippen LogP contribution in [0.2, 0.25) is 0 Å². The van der Waals surface area contributed by atoms with E-state index >= 15 is 0 Å². The quantitative estimate of drug-likeness (QED) is 0.0199. The molecule has 3 aliphatic heterocycles. The van der Waals surface area contributed by atoms with Crippen molar-refractivity contribution in [3.63, 3.8) is 0 Å². The van der Waals surface area contributed by atoms with Gasteiger partial charge in [-0.25, -0.2) is 0 Å². The zero-order chi connectivity index (χ0) is 70.9. The van der Waals surface area contributed by atoms with E-state index in [-0.39, 0.29) is 95.0 Å². The molecule has 0 aliphatic carbocycles. The number of unbranched alkanes of at least 4 members (excludes halogenated alkanes) is 3. The van der Waals surface area contributed by atoms with Crippen molar-refractivity contribution in [1.29, 1.82) is 0 Å². The van der Waals surface area contributed by atoms with Gasteiger partial charge < -0.3 is 87.4 Å². The van der Waals surface area contributed by atoms with Crippen LogP contribution >= 0.6 is 23.5 Å². The van der Waals surface area contributed by atoms with Gasteiger partial charge in [0.25, 0.3) is 11.8 Å². The Balaban J connectivity index is 1.61. The SMILES string of the molecule is CC(=O)NC(CNC(=O)CCN1C(=O)CC(SCC(NC(=O)C(N)CCCCNC(=O)CCO)C(N)=O)C1=O)C(=O)NC(CCCCNC(=O)CCN1C(=O)C=CC1=O)C(=O)NC(CNC(=O)CCN1C(=O)CC(SCC(NC(=O)C(N)CCCCN)C(N)=O)C1=O)C(N)=O. The van der Waals surface area contributed by atoms with Crippen molar-refractivity contribution in [2.45, 2.75) is 156 Å². The fraction of sp³-hybridized carbons (Fsp3) is 0.643. The molecular weight excluding hydrogens is 1290 g/mol. The van der Waals surface area contributed by atoms with Crippen LogP contribution in [-0.4, -0.2) is 249 Å². The molecule has 0 aromatic heterocycles. The summed E-state index contributed by atoms with van der Waals surface area (Å²) in [4.78, 5) is 232. The van der Waals surface area contributed by atoms with Crippen LogP contribution in [0.3, 0.4) is 0 Å². The Morgan fingerprint density at radius 1 is 0.484 bits per heavy atom. The minimum absolute atomic E-state index is 0.00753. The second-order valence-electron chi connectivity index (χ2n) is 22.2. The van der Waals surface area contributed by atoms with Crippen molar-refractivity contribution in [3.05, 3.63) is 12.2 Å². The van der Waals surface area contributed by atoms with Gasteiger partial charge in [0.05, 0.1) is 29.2 Å². The van der Waals surface area contributed by atoms with Crippen LogP contribution in [0.15, 0.2) is 12.2 Å². The van der Waals surface area contributed by atoms with Gasteiger partial charge >= 0.3 is 0 Å². The first-order valence-electron chi connectivity index (χ1n) is 30.7. The molecule has 3 aliphatic rings. The number of carbonyl (C=O) groups excluding carboxylic acids is 18. The average Bonchev–Trinajstić information content (AvgIpc) is 1.72. The third-order valence-corrected chi connectivity index (χ3v) is 17.3. The van der Waals surface area contributed by atoms with Gasteiger partial charge in [0, 0.05) is 115 Å². The lowest BCUT2D eigenvalue weighted by Crippen LogP contribution is -2.59. The largest absolute Gasteiger partial charge is 0.396 e. The van der Waals surface area contributed by atoms with Crippen molar-refractivity contribution >= 4 is 130 Å². The van der Waals surface area contributed by atoms with Crippen LogP contribution in [0.5, 0.6) is 0 Å². The predicted molar refractivity (Wildman–Crippen MR) is 338 cm³/mol. The van der Waals surface area contributed by atoms with E-state index in [1.807, 2.05) is 0 Å². The molecule has 18 amide bonds. The number of likely N-dealkylation sites (tertiary alicyclic amines) is 2. The fourth-order valence-corrected chi connectivity index (χ4v) is 11.7. The van der Waals surface area contributed by atoms with Gasteiger partial charge in [-0.2, -0.15) is 0 Å². The molecule has 9 atom stereocenters. The van der Waals surface area contributed by atoms with Crippen molar-refractivity contribution < 1.29 is 91.4 Å². The first-order valence-corrected chi connectivity index (χ1v) is 32.8. The number of aliphatic hydroxyl groups is 1. The minimum atomic E-state index is -1.66. The monoisotopic (exact) mass is 1380 g/mol. The molecule has 0 aromatic rings. The lowest BCUT2D eigenvalue weighted by molar-refractivity contribution is -0.140. The summed E-state index contributed by atoms with van der Waals surface area (Å²) in [6.07, 6.45) is 2.81. The zero-order valence-electron chi connectivity index (χ0n) is 52.7. The molecule has 22 N–H and O–H groups in total. The van der Waals surface area contributed by atoms with Gasteiger partial charge in [-0.05, 0) is 57.9 Å². The molecule has 2 saturated heterocycles. The summed E-state index contributed by atoms with van der Waals surface area (Å²) in [6.45, 7) is -0.885. The van der Waals surface area contributed by atoms with E-state index in [1.165, 1.54) is 0 Å². The zero-order valence-corrected chi connectivity index (χ0v) is 54.3. The highest BCUT2D eigenvalue weighted by molar-refractivity contribution is 8.01. The van der Waals surface area contributed by atoms with E-state index in [0.717, 1.165) is 57.3 Å². The molecule has 0 saturated carbocycles. The molecule has 95 heavy (non-hydrogen) atoms. The van der Waals surface area contributed by atoms with Crippen molar-refractivity contribution in [2.24, 2.45) is 34.4 Å². The summed E-state index contributed by atoms with van der Waals surface area (Å²) in [7, 11) is 0. The van der Waals surface area contributed by atoms with Crippen molar-refractivity contribution in [2.75, 3.05) is 70.5 Å². The number of imide groups is 3. The lowest BCUT2D eigenvalue weighted by Gasteiger charge is -2.25. The maximum Gasteiger partial charge on any atom is 0.253 e. The molecule has 3 rings (SSSR count). The Morgan fingerprint density at radius 3 is 1.29 bits per heavy atom. The lowest BCUT2D eigenvalue weighted by atomic mass is 10.1. The van der Waals surface area contributed by atoms with Gasteiger partial charge in [0.15, 0.2) is 0 Å². The second kappa shape index (κ2) is 41.9. The number of carbonyl (C=O) groups is 18. The number of aliphatic hydroxyl groups excluding tert-OH is 1. The molecule has 39 heteroatoms. The van der Waals surface area contributed by atoms with Gasteiger partial charge in [-0.15, -0.1) is 23.5 Å². The number of hydrogen-bond acceptors (Lipinski definition) is 24. The van der Waals surface area contributed by atoms with E-state index in [1.54, 1.807) is 0 Å². The number of rotatable bonds is 47. The first kappa shape index (κ1) is 80.6. The van der Waals surface area contributed by atoms with Crippen LogP contribution in [0.1, 0.15) is 103 Å². The van der Waals surface area contributed by atoms with E-state index in [0.29, 0.717) is 38.6 Å². The second-order valence-corrected chi connectivity index (χ2v) is 24.7. The molecule has 37 nitrogen and oxygen atoms in total. The molecule has 9 unspecified atom stereocenters. The first-order chi connectivity index (χ1) is 45.0. The highest BCUT2D eigenvalue weighted by Crippen LogP contribution is 2.27. The van der Waals surface area contributed by atoms with E-state index < -0.39 is 192 Å². The number of hydrogen-bond donors (Lipinski definition) is 16. The van der Waals surface area contributed by atoms with E-state index in [9.17, 15) is 86.3 Å². The Bertz CT molecular complexity index is 2850. The standard InChI is InChI=1S/C56H88N18O19S2/c1-30(76)67-35(27-66-42(79)15-22-74-47(84)25-39(56(74)93)95-29-37(50(62)87)71-52(89)32(59)9-3-6-18-64-43(80)16-23-75)54(91)68-33(10-4-7-19-63-40(77)13-20-72-44(81)11-12-45(72)82)53(90)69-34(48(60)85)26-65-41(78)14-21-73-46(83)24-38(55(73)92)94-28-36(49(61)86)70-51(88)31(58)8-2-5-17-57/h11-12,31-39,75H,2-10,13-29,57-59H2,1H3,(H2,60,85)(H2,61,86)(H2,62,87)(H,63,77)(H,64,80)(H,65,78)(H,66,79)(H,67,76)(H,68,91)(H,69,90)(H,70,88)(H,71,89). The van der Waals surface area contributed by atoms with Gasteiger partial charge in [0.2, 0.25) is 94.5 Å². The molecule has 2 fully saturated rings. The minimum Gasteiger partial charge on any atom is -0.396 e. The number of primary amides is 3. The van der Waals surface area contributed by atoms with Crippen LogP contribution in [-0.2, 0) is 86.3 Å². The van der Waals surface area contributed by atoms with Crippen LogP contribution in [0.4, 0.5) is 0 Å². The summed E-state index contributed by atoms with van der Waals surface area (Å²) in [5.74, 6) is -14.0. The van der Waals surface area contributed by atoms with Gasteiger partial charge in [-0.1, -0.05) is 6.42 Å². The molecular formula is C56H88N18O19S2. The number of nitrogens with zero attached hydrogens (tertiary/aromatic N) is 3. The summed E-state index contributed by atoms with van der Waals surface area (Å²) in [6, 6.07) is -9.33. The number of nitrogens with two attached hydrogens (primary N) is 6. The molecule has 3 heterocycles. The summed E-state index contributed by atoms with van der Waals surface area (Å²) < 4.78 is 0. The Hall–Kier alpha value is -8.66. The smallest absolute Gasteiger partial charge is 0.253 e. The number of amides is 18. The Labute approximate surface area is 554 Å². The molecule has 0 radical (unpaired) electrons. The van der Waals surface area contributed by atoms with Gasteiger partial charge in [-0.3, -0.25) is 101 Å². The summed E-state index contributed by atoms with van der Waals surface area (Å²) in [5, 5.41) is 28.9. The Morgan fingerprint density at radius 2 is 0.863 bits per heavy atom. The molecule has 0 bridgehead atoms. The Kier molecular flexibility index (Phi) is 35.6. The maximum atomic E-state index is 14.0. The highest BCUT2D eigenvalue weighted by atomic mass is 32.2. The summed E-state index contributed by atoms with van der Waals surface area (Å²) in [5.41, 5.74) is 34.0. The van der Waals surface area contributed by atoms with Crippen LogP contribution in [0, 0.1) is 0 Å². The maximum absolute atomic E-state index is 14.0. The topological polar surface area (TPSA) is 602 Å². The molecule has 0 aromatic carbocycles. The normalized spacial score (nSPS) is 17.4. The fourth-order valence-electron chi connectivity index (χ4n) is 9.27. The predicted octanol–water partition coefficient (Wildman–Crippen LogP) is -9.33.